The van der Waals surface area contributed by atoms with Crippen LogP contribution in [-0.2, 0) is 10.0 Å². The number of carbonyl (C=O) groups excluding carboxylic acids is 1. The fourth-order valence-corrected chi connectivity index (χ4v) is 4.30. The second-order valence-corrected chi connectivity index (χ2v) is 8.35. The number of hydrogen-bond donors (Lipinski definition) is 1. The van der Waals surface area contributed by atoms with Gasteiger partial charge in [-0.2, -0.15) is 5.10 Å². The smallest absolute Gasteiger partial charge is 0.275 e. The quantitative estimate of drug-likeness (QED) is 0.716. The van der Waals surface area contributed by atoms with Crippen LogP contribution < -0.4 is 9.62 Å². The van der Waals surface area contributed by atoms with Crippen molar-refractivity contribution < 1.29 is 13.2 Å². The minimum Gasteiger partial charge on any atom is -0.321 e. The minimum absolute atomic E-state index is 0.128. The maximum absolute atomic E-state index is 12.4. The molecule has 0 fully saturated rings. The molecular formula is C18H18N6O3S. The monoisotopic (exact) mass is 398 g/mol. The number of sulfonamides is 1. The Hall–Kier alpha value is -3.27. The molecule has 0 radical (unpaired) electrons. The van der Waals surface area contributed by atoms with Crippen molar-refractivity contribution in [3.05, 3.63) is 66.5 Å². The molecule has 3 heterocycles. The largest absolute Gasteiger partial charge is 0.321 e. The second-order valence-electron chi connectivity index (χ2n) is 6.44. The molecule has 1 N–H and O–H groups in total. The summed E-state index contributed by atoms with van der Waals surface area (Å²) in [7, 11) is -3.41. The Morgan fingerprint density at radius 2 is 2.11 bits per heavy atom. The van der Waals surface area contributed by atoms with Gasteiger partial charge in [-0.25, -0.2) is 13.4 Å². The first-order chi connectivity index (χ1) is 13.4. The Morgan fingerprint density at radius 3 is 2.79 bits per heavy atom. The summed E-state index contributed by atoms with van der Waals surface area (Å²) in [5.41, 5.74) is 2.10. The number of anilines is 2. The first kappa shape index (κ1) is 18.1. The molecule has 4 rings (SSSR count). The van der Waals surface area contributed by atoms with Gasteiger partial charge in [0.15, 0.2) is 0 Å². The third-order valence-electron chi connectivity index (χ3n) is 4.56. The number of amides is 1. The lowest BCUT2D eigenvalue weighted by atomic mass is 9.97. The van der Waals surface area contributed by atoms with Crippen molar-refractivity contribution in [3.63, 3.8) is 0 Å². The summed E-state index contributed by atoms with van der Waals surface area (Å²) < 4.78 is 27.6. The zero-order valence-corrected chi connectivity index (χ0v) is 15.9. The van der Waals surface area contributed by atoms with Crippen LogP contribution in [0.3, 0.4) is 0 Å². The summed E-state index contributed by atoms with van der Waals surface area (Å²) in [4.78, 5) is 20.3. The van der Waals surface area contributed by atoms with E-state index in [9.17, 15) is 13.2 Å². The van der Waals surface area contributed by atoms with Crippen molar-refractivity contribution in [2.24, 2.45) is 0 Å². The Kier molecular flexibility index (Phi) is 4.55. The molecular weight excluding hydrogens is 380 g/mol. The summed E-state index contributed by atoms with van der Waals surface area (Å²) in [6.07, 6.45) is 9.60. The van der Waals surface area contributed by atoms with Crippen molar-refractivity contribution in [3.8, 4) is 0 Å². The van der Waals surface area contributed by atoms with Crippen molar-refractivity contribution >= 4 is 27.3 Å². The van der Waals surface area contributed by atoms with E-state index in [1.165, 1.54) is 29.2 Å². The van der Waals surface area contributed by atoms with Crippen LogP contribution in [0, 0.1) is 0 Å². The van der Waals surface area contributed by atoms with Gasteiger partial charge in [-0.1, -0.05) is 0 Å². The van der Waals surface area contributed by atoms with Gasteiger partial charge in [-0.3, -0.25) is 18.8 Å². The second kappa shape index (κ2) is 7.04. The normalized spacial score (nSPS) is 16.5. The van der Waals surface area contributed by atoms with E-state index in [0.29, 0.717) is 24.3 Å². The lowest BCUT2D eigenvalue weighted by Crippen LogP contribution is -2.37. The molecule has 1 unspecified atom stereocenters. The molecule has 0 saturated carbocycles. The minimum atomic E-state index is -3.41. The average molecular weight is 398 g/mol. The Balaban J connectivity index is 1.72. The third kappa shape index (κ3) is 3.46. The van der Waals surface area contributed by atoms with Crippen LogP contribution in [0.5, 0.6) is 0 Å². The molecule has 1 aliphatic rings. The van der Waals surface area contributed by atoms with Gasteiger partial charge in [0.2, 0.25) is 10.0 Å². The van der Waals surface area contributed by atoms with E-state index in [1.807, 2.05) is 12.3 Å². The average Bonchev–Trinajstić information content (AvgIpc) is 3.21. The van der Waals surface area contributed by atoms with E-state index in [0.717, 1.165) is 5.56 Å². The van der Waals surface area contributed by atoms with E-state index in [-0.39, 0.29) is 17.6 Å². The van der Waals surface area contributed by atoms with Crippen LogP contribution in [0.25, 0.3) is 0 Å². The van der Waals surface area contributed by atoms with E-state index in [1.54, 1.807) is 29.1 Å². The number of fused-ring (bicyclic) bond motifs is 1. The van der Waals surface area contributed by atoms with Crippen LogP contribution in [0.1, 0.15) is 28.5 Å². The number of aromatic nitrogens is 4. The fourth-order valence-electron chi connectivity index (χ4n) is 3.34. The van der Waals surface area contributed by atoms with Crippen LogP contribution >= 0.6 is 0 Å². The zero-order chi connectivity index (χ0) is 19.7. The van der Waals surface area contributed by atoms with Crippen LogP contribution in [0.15, 0.2) is 55.2 Å². The predicted molar refractivity (Wildman–Crippen MR) is 104 cm³/mol. The highest BCUT2D eigenvalue weighted by Crippen LogP contribution is 2.38. The molecule has 0 bridgehead atoms. The van der Waals surface area contributed by atoms with Crippen molar-refractivity contribution in [2.75, 3.05) is 22.4 Å². The Labute approximate surface area is 162 Å². The zero-order valence-electron chi connectivity index (χ0n) is 15.1. The summed E-state index contributed by atoms with van der Waals surface area (Å²) in [5, 5.41) is 7.10. The van der Waals surface area contributed by atoms with Crippen molar-refractivity contribution in [1.29, 1.82) is 0 Å². The summed E-state index contributed by atoms with van der Waals surface area (Å²) >= 11 is 0. The van der Waals surface area contributed by atoms with E-state index in [2.05, 4.69) is 20.4 Å². The lowest BCUT2D eigenvalue weighted by molar-refractivity contribution is 0.102. The molecule has 1 aromatic carbocycles. The standard InChI is InChI=1S/C18H18N6O3S/c1-28(26,27)24-10-5-16(23-9-2-6-21-23)14-11-13(3-4-17(14)24)22-18(25)15-12-19-7-8-20-15/h2-4,6-9,11-12,16H,5,10H2,1H3,(H,22,25). The molecule has 2 aromatic heterocycles. The molecule has 1 amide bonds. The SMILES string of the molecule is CS(=O)(=O)N1CCC(n2cccn2)c2cc(NC(=O)c3cnccn3)ccc21. The summed E-state index contributed by atoms with van der Waals surface area (Å²) in [5.74, 6) is -0.389. The number of hydrogen-bond acceptors (Lipinski definition) is 6. The first-order valence-corrected chi connectivity index (χ1v) is 10.5. The molecule has 1 aliphatic heterocycles. The van der Waals surface area contributed by atoms with Crippen molar-refractivity contribution in [1.82, 2.24) is 19.7 Å². The van der Waals surface area contributed by atoms with Crippen molar-refractivity contribution in [2.45, 2.75) is 12.5 Å². The van der Waals surface area contributed by atoms with E-state index >= 15 is 0 Å². The fraction of sp³-hybridized carbons (Fsp3) is 0.222. The highest BCUT2D eigenvalue weighted by atomic mass is 32.2. The van der Waals surface area contributed by atoms with Gasteiger partial charge in [0.1, 0.15) is 5.69 Å². The van der Waals surface area contributed by atoms with Gasteiger partial charge in [0, 0.05) is 42.6 Å². The van der Waals surface area contributed by atoms with Crippen LogP contribution in [-0.4, -0.2) is 46.9 Å². The predicted octanol–water partition coefficient (Wildman–Crippen LogP) is 1.68. The molecule has 3 aromatic rings. The van der Waals surface area contributed by atoms with Gasteiger partial charge in [-0.15, -0.1) is 0 Å². The topological polar surface area (TPSA) is 110 Å². The van der Waals surface area contributed by atoms with Gasteiger partial charge >= 0.3 is 0 Å². The van der Waals surface area contributed by atoms with Crippen LogP contribution in [0.2, 0.25) is 0 Å². The maximum atomic E-state index is 12.4. The highest BCUT2D eigenvalue weighted by molar-refractivity contribution is 7.92. The number of nitrogens with one attached hydrogen (secondary N) is 1. The molecule has 10 heteroatoms. The van der Waals surface area contributed by atoms with Gasteiger partial charge in [0.25, 0.3) is 5.91 Å². The maximum Gasteiger partial charge on any atom is 0.275 e. The number of carbonyl (C=O) groups is 1. The lowest BCUT2D eigenvalue weighted by Gasteiger charge is -2.34. The third-order valence-corrected chi connectivity index (χ3v) is 5.74. The molecule has 0 spiro atoms. The molecule has 144 valence electrons. The Morgan fingerprint density at radius 1 is 1.25 bits per heavy atom. The number of nitrogens with zero attached hydrogens (tertiary/aromatic N) is 5. The number of rotatable bonds is 4. The molecule has 1 atom stereocenters. The van der Waals surface area contributed by atoms with Gasteiger partial charge in [0.05, 0.1) is 24.2 Å². The molecule has 0 saturated heterocycles. The summed E-state index contributed by atoms with van der Waals surface area (Å²) in [6.45, 7) is 0.363. The molecule has 9 nitrogen and oxygen atoms in total. The van der Waals surface area contributed by atoms with E-state index < -0.39 is 10.0 Å². The highest BCUT2D eigenvalue weighted by Gasteiger charge is 2.31. The first-order valence-electron chi connectivity index (χ1n) is 8.61. The van der Waals surface area contributed by atoms with Crippen LogP contribution in [0.4, 0.5) is 11.4 Å². The van der Waals surface area contributed by atoms with E-state index in [4.69, 9.17) is 0 Å². The molecule has 0 aliphatic carbocycles. The Bertz CT molecular complexity index is 1100. The summed E-state index contributed by atoms with van der Waals surface area (Å²) in [6, 6.07) is 6.86. The molecule has 28 heavy (non-hydrogen) atoms. The van der Waals surface area contributed by atoms with Gasteiger partial charge in [-0.05, 0) is 30.7 Å². The van der Waals surface area contributed by atoms with Gasteiger partial charge < -0.3 is 5.32 Å². The number of benzene rings is 1.